The lowest BCUT2D eigenvalue weighted by molar-refractivity contribution is -0.133. The summed E-state index contributed by atoms with van der Waals surface area (Å²) in [4.78, 5) is 31.1. The molecule has 0 aromatic carbocycles. The van der Waals surface area contributed by atoms with Gasteiger partial charge in [0.2, 0.25) is 5.91 Å². The highest BCUT2D eigenvalue weighted by molar-refractivity contribution is 7.12. The van der Waals surface area contributed by atoms with E-state index in [0.717, 1.165) is 32.7 Å². The van der Waals surface area contributed by atoms with Crippen LogP contribution in [0.15, 0.2) is 17.5 Å². The lowest BCUT2D eigenvalue weighted by atomic mass is 9.92. The maximum absolute atomic E-state index is 12.4. The molecular formula is C18H29N3O2S. The molecule has 1 aliphatic rings. The highest BCUT2D eigenvalue weighted by atomic mass is 32.1. The third kappa shape index (κ3) is 5.60. The Morgan fingerprint density at radius 3 is 2.42 bits per heavy atom. The first-order valence-corrected chi connectivity index (χ1v) is 9.43. The molecule has 0 bridgehead atoms. The van der Waals surface area contributed by atoms with E-state index in [-0.39, 0.29) is 18.4 Å². The van der Waals surface area contributed by atoms with Gasteiger partial charge < -0.3 is 9.80 Å². The van der Waals surface area contributed by atoms with Crippen molar-refractivity contribution in [3.63, 3.8) is 0 Å². The molecule has 0 saturated carbocycles. The van der Waals surface area contributed by atoms with Crippen LogP contribution < -0.4 is 0 Å². The summed E-state index contributed by atoms with van der Waals surface area (Å²) in [7, 11) is 1.69. The summed E-state index contributed by atoms with van der Waals surface area (Å²) < 4.78 is 0. The average molecular weight is 352 g/mol. The zero-order chi connectivity index (χ0) is 17.7. The van der Waals surface area contributed by atoms with Gasteiger partial charge in [0, 0.05) is 33.2 Å². The molecule has 0 aliphatic carbocycles. The lowest BCUT2D eigenvalue weighted by Gasteiger charge is -2.36. The highest BCUT2D eigenvalue weighted by Gasteiger charge is 2.24. The maximum Gasteiger partial charge on any atom is 0.264 e. The summed E-state index contributed by atoms with van der Waals surface area (Å²) in [6.07, 6.45) is 1.17. The number of piperazine rings is 1. The Hall–Kier alpha value is -1.40. The number of amides is 2. The van der Waals surface area contributed by atoms with Crippen molar-refractivity contribution in [2.24, 2.45) is 5.41 Å². The molecule has 0 N–H and O–H groups in total. The van der Waals surface area contributed by atoms with E-state index in [0.29, 0.717) is 10.3 Å². The smallest absolute Gasteiger partial charge is 0.264 e. The summed E-state index contributed by atoms with van der Waals surface area (Å²) in [6, 6.07) is 3.65. The first-order chi connectivity index (χ1) is 11.3. The molecule has 2 amide bonds. The Kier molecular flexibility index (Phi) is 6.40. The first-order valence-electron chi connectivity index (χ1n) is 8.55. The average Bonchev–Trinajstić information content (AvgIpc) is 3.06. The molecule has 1 aromatic rings. The second-order valence-electron chi connectivity index (χ2n) is 7.67. The highest BCUT2D eigenvalue weighted by Crippen LogP contribution is 2.19. The predicted octanol–water partition coefficient (Wildman–Crippen LogP) is 2.40. The normalized spacial score (nSPS) is 16.2. The van der Waals surface area contributed by atoms with Crippen LogP contribution in [0.3, 0.4) is 0 Å². The summed E-state index contributed by atoms with van der Waals surface area (Å²) >= 11 is 1.41. The molecule has 6 heteroatoms. The molecule has 1 saturated heterocycles. The van der Waals surface area contributed by atoms with E-state index in [1.165, 1.54) is 22.7 Å². The van der Waals surface area contributed by atoms with Crippen LogP contribution in [0.2, 0.25) is 0 Å². The van der Waals surface area contributed by atoms with Crippen LogP contribution in [0.25, 0.3) is 0 Å². The zero-order valence-corrected chi connectivity index (χ0v) is 16.1. The Morgan fingerprint density at radius 1 is 1.21 bits per heavy atom. The number of carbonyl (C=O) groups is 2. The summed E-state index contributed by atoms with van der Waals surface area (Å²) in [5.74, 6) is -0.0416. The number of carbonyl (C=O) groups excluding carboxylic acids is 2. The first kappa shape index (κ1) is 18.9. The minimum atomic E-state index is -0.0813. The molecule has 2 heterocycles. The van der Waals surface area contributed by atoms with E-state index in [2.05, 4.69) is 25.7 Å². The van der Waals surface area contributed by atoms with Crippen LogP contribution in [-0.2, 0) is 4.79 Å². The Balaban J connectivity index is 1.75. The van der Waals surface area contributed by atoms with Gasteiger partial charge in [-0.05, 0) is 29.8 Å². The van der Waals surface area contributed by atoms with Crippen molar-refractivity contribution in [2.45, 2.75) is 27.2 Å². The number of nitrogens with zero attached hydrogens (tertiary/aromatic N) is 3. The van der Waals surface area contributed by atoms with Gasteiger partial charge in [0.25, 0.3) is 5.91 Å². The van der Waals surface area contributed by atoms with Crippen LogP contribution in [0, 0.1) is 5.41 Å². The SMILES string of the molecule is CN(CC(=O)N1CCN(CCC(C)(C)C)CC1)C(=O)c1cccs1. The summed E-state index contributed by atoms with van der Waals surface area (Å²) in [5, 5.41) is 1.87. The Labute approximate surface area is 149 Å². The molecule has 0 radical (unpaired) electrons. The van der Waals surface area contributed by atoms with E-state index in [9.17, 15) is 9.59 Å². The van der Waals surface area contributed by atoms with E-state index >= 15 is 0 Å². The van der Waals surface area contributed by atoms with Gasteiger partial charge in [-0.2, -0.15) is 0 Å². The summed E-state index contributed by atoms with van der Waals surface area (Å²) in [6.45, 7) is 11.4. The van der Waals surface area contributed by atoms with Gasteiger partial charge in [-0.3, -0.25) is 14.5 Å². The van der Waals surface area contributed by atoms with E-state index in [1.807, 2.05) is 16.3 Å². The fourth-order valence-corrected chi connectivity index (χ4v) is 3.39. The van der Waals surface area contributed by atoms with Gasteiger partial charge >= 0.3 is 0 Å². The standard InChI is InChI=1S/C18H29N3O2S/c1-18(2,3)7-8-20-9-11-21(12-10-20)16(22)14-19(4)17(23)15-6-5-13-24-15/h5-6,13H,7-12,14H2,1-4H3. The number of hydrogen-bond donors (Lipinski definition) is 0. The second-order valence-corrected chi connectivity index (χ2v) is 8.62. The van der Waals surface area contributed by atoms with Gasteiger partial charge in [0.05, 0.1) is 11.4 Å². The minimum absolute atomic E-state index is 0.0397. The fraction of sp³-hybridized carbons (Fsp3) is 0.667. The number of thiophene rings is 1. The Bertz CT molecular complexity index is 543. The molecule has 5 nitrogen and oxygen atoms in total. The number of likely N-dealkylation sites (N-methyl/N-ethyl adjacent to an activating group) is 1. The summed E-state index contributed by atoms with van der Waals surface area (Å²) in [5.41, 5.74) is 0.345. The monoisotopic (exact) mass is 351 g/mol. The van der Waals surface area contributed by atoms with Crippen molar-refractivity contribution in [3.05, 3.63) is 22.4 Å². The molecular weight excluding hydrogens is 322 g/mol. The molecule has 24 heavy (non-hydrogen) atoms. The number of hydrogen-bond acceptors (Lipinski definition) is 4. The van der Waals surface area contributed by atoms with Crippen LogP contribution in [-0.4, -0.2) is 72.8 Å². The fourth-order valence-electron chi connectivity index (χ4n) is 2.68. The largest absolute Gasteiger partial charge is 0.339 e. The maximum atomic E-state index is 12.4. The van der Waals surface area contributed by atoms with Crippen LogP contribution in [0.4, 0.5) is 0 Å². The van der Waals surface area contributed by atoms with Crippen molar-refractivity contribution in [2.75, 3.05) is 46.3 Å². The van der Waals surface area contributed by atoms with Crippen molar-refractivity contribution in [1.82, 2.24) is 14.7 Å². The van der Waals surface area contributed by atoms with Crippen molar-refractivity contribution in [1.29, 1.82) is 0 Å². The van der Waals surface area contributed by atoms with Gasteiger partial charge in [-0.25, -0.2) is 0 Å². The van der Waals surface area contributed by atoms with E-state index < -0.39 is 0 Å². The predicted molar refractivity (Wildman–Crippen MR) is 98.4 cm³/mol. The van der Waals surface area contributed by atoms with Crippen LogP contribution in [0.5, 0.6) is 0 Å². The molecule has 0 unspecified atom stereocenters. The quantitative estimate of drug-likeness (QED) is 0.818. The van der Waals surface area contributed by atoms with E-state index in [4.69, 9.17) is 0 Å². The topological polar surface area (TPSA) is 43.9 Å². The third-order valence-electron chi connectivity index (χ3n) is 4.35. The molecule has 0 spiro atoms. The number of rotatable bonds is 5. The minimum Gasteiger partial charge on any atom is -0.339 e. The zero-order valence-electron chi connectivity index (χ0n) is 15.2. The van der Waals surface area contributed by atoms with Crippen molar-refractivity contribution in [3.8, 4) is 0 Å². The molecule has 0 atom stereocenters. The molecule has 1 aliphatic heterocycles. The molecule has 2 rings (SSSR count). The molecule has 1 aromatic heterocycles. The van der Waals surface area contributed by atoms with Gasteiger partial charge in [-0.15, -0.1) is 11.3 Å². The Morgan fingerprint density at radius 2 is 1.88 bits per heavy atom. The molecule has 134 valence electrons. The van der Waals surface area contributed by atoms with E-state index in [1.54, 1.807) is 13.1 Å². The molecule has 1 fully saturated rings. The van der Waals surface area contributed by atoms with Crippen molar-refractivity contribution >= 4 is 23.2 Å². The van der Waals surface area contributed by atoms with Crippen LogP contribution >= 0.6 is 11.3 Å². The van der Waals surface area contributed by atoms with Crippen molar-refractivity contribution < 1.29 is 9.59 Å². The van der Waals surface area contributed by atoms with Gasteiger partial charge in [0.15, 0.2) is 0 Å². The lowest BCUT2D eigenvalue weighted by Crippen LogP contribution is -2.51. The van der Waals surface area contributed by atoms with Crippen LogP contribution in [0.1, 0.15) is 36.9 Å². The van der Waals surface area contributed by atoms with Gasteiger partial charge in [0.1, 0.15) is 0 Å². The van der Waals surface area contributed by atoms with Gasteiger partial charge in [-0.1, -0.05) is 26.8 Å². The third-order valence-corrected chi connectivity index (χ3v) is 5.21. The second kappa shape index (κ2) is 8.12.